The number of nitrogens with two attached hydrogens (primary N) is 1. The van der Waals surface area contributed by atoms with Crippen LogP contribution in [0.3, 0.4) is 0 Å². The second-order valence-electron chi connectivity index (χ2n) is 5.87. The molecule has 0 aromatic heterocycles. The van der Waals surface area contributed by atoms with E-state index in [9.17, 15) is 4.39 Å². The molecule has 0 aliphatic heterocycles. The van der Waals surface area contributed by atoms with Crippen LogP contribution in [0, 0.1) is 23.6 Å². The van der Waals surface area contributed by atoms with Crippen molar-refractivity contribution >= 4 is 0 Å². The third kappa shape index (κ3) is 4.59. The van der Waals surface area contributed by atoms with Gasteiger partial charge in [0.2, 0.25) is 0 Å². The highest BCUT2D eigenvalue weighted by molar-refractivity contribution is 5.21. The van der Waals surface area contributed by atoms with Crippen molar-refractivity contribution < 1.29 is 4.39 Å². The van der Waals surface area contributed by atoms with Gasteiger partial charge in [-0.05, 0) is 30.4 Å². The molecule has 2 nitrogen and oxygen atoms in total. The average molecular weight is 266 g/mol. The molecule has 0 radical (unpaired) electrons. The highest BCUT2D eigenvalue weighted by Crippen LogP contribution is 2.22. The first-order chi connectivity index (χ1) is 8.97. The lowest BCUT2D eigenvalue weighted by Gasteiger charge is -2.28. The maximum absolute atomic E-state index is 13.8. The van der Waals surface area contributed by atoms with E-state index in [4.69, 9.17) is 5.73 Å². The third-order valence-electron chi connectivity index (χ3n) is 3.83. The quantitative estimate of drug-likeness (QED) is 0.794. The molecular formula is C16H27FN2. The number of nitrogens with one attached hydrogen (secondary N) is 1. The standard InChI is InChI=1S/C16H27FN2/c1-11(2)14(12(3)4)10-19-16(9-18)13-7-5-6-8-15(13)17/h5-8,11-12,14,16,19H,9-10,18H2,1-4H3. The molecule has 0 fully saturated rings. The summed E-state index contributed by atoms with van der Waals surface area (Å²) < 4.78 is 13.8. The first kappa shape index (κ1) is 16.1. The van der Waals surface area contributed by atoms with Gasteiger partial charge in [-0.1, -0.05) is 45.9 Å². The Labute approximate surface area is 116 Å². The Morgan fingerprint density at radius 1 is 1.11 bits per heavy atom. The van der Waals surface area contributed by atoms with E-state index < -0.39 is 0 Å². The fraction of sp³-hybridized carbons (Fsp3) is 0.625. The van der Waals surface area contributed by atoms with Crippen LogP contribution < -0.4 is 11.1 Å². The van der Waals surface area contributed by atoms with E-state index in [1.807, 2.05) is 6.07 Å². The Hall–Kier alpha value is -0.930. The van der Waals surface area contributed by atoms with Crippen LogP contribution >= 0.6 is 0 Å². The van der Waals surface area contributed by atoms with Gasteiger partial charge >= 0.3 is 0 Å². The van der Waals surface area contributed by atoms with Gasteiger partial charge in [-0.15, -0.1) is 0 Å². The van der Waals surface area contributed by atoms with E-state index >= 15 is 0 Å². The number of hydrogen-bond acceptors (Lipinski definition) is 2. The molecule has 0 bridgehead atoms. The van der Waals surface area contributed by atoms with Crippen molar-refractivity contribution in [3.05, 3.63) is 35.6 Å². The van der Waals surface area contributed by atoms with Gasteiger partial charge in [-0.2, -0.15) is 0 Å². The zero-order valence-electron chi connectivity index (χ0n) is 12.5. The van der Waals surface area contributed by atoms with Crippen LogP contribution in [0.2, 0.25) is 0 Å². The summed E-state index contributed by atoms with van der Waals surface area (Å²) in [6.07, 6.45) is 0. The maximum Gasteiger partial charge on any atom is 0.128 e. The molecule has 19 heavy (non-hydrogen) atoms. The predicted molar refractivity (Wildman–Crippen MR) is 79.4 cm³/mol. The smallest absolute Gasteiger partial charge is 0.128 e. The minimum absolute atomic E-state index is 0.110. The molecule has 0 aliphatic carbocycles. The van der Waals surface area contributed by atoms with E-state index in [0.29, 0.717) is 29.9 Å². The minimum Gasteiger partial charge on any atom is -0.329 e. The molecule has 3 N–H and O–H groups in total. The van der Waals surface area contributed by atoms with Crippen molar-refractivity contribution in [2.75, 3.05) is 13.1 Å². The summed E-state index contributed by atoms with van der Waals surface area (Å²) in [6.45, 7) is 10.2. The maximum atomic E-state index is 13.8. The van der Waals surface area contributed by atoms with Crippen molar-refractivity contribution in [1.29, 1.82) is 0 Å². The van der Waals surface area contributed by atoms with Gasteiger partial charge < -0.3 is 11.1 Å². The zero-order valence-corrected chi connectivity index (χ0v) is 12.5. The molecule has 3 heteroatoms. The number of rotatable bonds is 7. The van der Waals surface area contributed by atoms with Gasteiger partial charge in [0.15, 0.2) is 0 Å². The average Bonchev–Trinajstić information content (AvgIpc) is 2.35. The van der Waals surface area contributed by atoms with Crippen LogP contribution in [0.15, 0.2) is 24.3 Å². The lowest BCUT2D eigenvalue weighted by atomic mass is 9.85. The van der Waals surface area contributed by atoms with E-state index in [2.05, 4.69) is 33.0 Å². The van der Waals surface area contributed by atoms with E-state index in [0.717, 1.165) is 6.54 Å². The summed E-state index contributed by atoms with van der Waals surface area (Å²) in [5, 5.41) is 3.42. The summed E-state index contributed by atoms with van der Waals surface area (Å²) in [6, 6.07) is 6.74. The Morgan fingerprint density at radius 2 is 1.68 bits per heavy atom. The lowest BCUT2D eigenvalue weighted by Crippen LogP contribution is -2.36. The molecule has 1 rings (SSSR count). The molecule has 1 aromatic carbocycles. The van der Waals surface area contributed by atoms with Crippen molar-refractivity contribution in [2.24, 2.45) is 23.5 Å². The van der Waals surface area contributed by atoms with Crippen LogP contribution in [-0.4, -0.2) is 13.1 Å². The van der Waals surface area contributed by atoms with Gasteiger partial charge in [0.05, 0.1) is 0 Å². The Balaban J connectivity index is 2.70. The largest absolute Gasteiger partial charge is 0.329 e. The Bertz CT molecular complexity index is 369. The highest BCUT2D eigenvalue weighted by Gasteiger charge is 2.20. The van der Waals surface area contributed by atoms with Gasteiger partial charge in [0.1, 0.15) is 5.82 Å². The fourth-order valence-electron chi connectivity index (χ4n) is 2.60. The summed E-state index contributed by atoms with van der Waals surface area (Å²) >= 11 is 0. The van der Waals surface area contributed by atoms with Crippen LogP contribution in [0.5, 0.6) is 0 Å². The topological polar surface area (TPSA) is 38.0 Å². The fourth-order valence-corrected chi connectivity index (χ4v) is 2.60. The highest BCUT2D eigenvalue weighted by atomic mass is 19.1. The van der Waals surface area contributed by atoms with Gasteiger partial charge in [0.25, 0.3) is 0 Å². The molecule has 0 heterocycles. The van der Waals surface area contributed by atoms with Crippen molar-refractivity contribution in [1.82, 2.24) is 5.32 Å². The normalized spacial score (nSPS) is 13.5. The minimum atomic E-state index is -0.184. The number of halogens is 1. The lowest BCUT2D eigenvalue weighted by molar-refractivity contribution is 0.265. The predicted octanol–water partition coefficient (Wildman–Crippen LogP) is 3.34. The zero-order chi connectivity index (χ0) is 14.4. The van der Waals surface area contributed by atoms with Crippen LogP contribution in [-0.2, 0) is 0 Å². The summed E-state index contributed by atoms with van der Waals surface area (Å²) in [4.78, 5) is 0. The molecular weight excluding hydrogens is 239 g/mol. The molecule has 108 valence electrons. The van der Waals surface area contributed by atoms with Crippen molar-refractivity contribution in [2.45, 2.75) is 33.7 Å². The van der Waals surface area contributed by atoms with Gasteiger partial charge in [-0.25, -0.2) is 4.39 Å². The SMILES string of the molecule is CC(C)C(CNC(CN)c1ccccc1F)C(C)C. The summed E-state index contributed by atoms with van der Waals surface area (Å²) in [5.74, 6) is 1.59. The molecule has 0 aliphatic rings. The molecule has 0 spiro atoms. The van der Waals surface area contributed by atoms with E-state index in [1.165, 1.54) is 6.07 Å². The van der Waals surface area contributed by atoms with Gasteiger partial charge in [-0.3, -0.25) is 0 Å². The summed E-state index contributed by atoms with van der Waals surface area (Å²) in [5.41, 5.74) is 6.45. The molecule has 1 aromatic rings. The second-order valence-corrected chi connectivity index (χ2v) is 5.87. The van der Waals surface area contributed by atoms with Gasteiger partial charge in [0, 0.05) is 18.2 Å². The van der Waals surface area contributed by atoms with Crippen LogP contribution in [0.25, 0.3) is 0 Å². The number of hydrogen-bond donors (Lipinski definition) is 2. The molecule has 0 saturated heterocycles. The Morgan fingerprint density at radius 3 is 2.16 bits per heavy atom. The second kappa shape index (κ2) is 7.61. The van der Waals surface area contributed by atoms with E-state index in [1.54, 1.807) is 12.1 Å². The van der Waals surface area contributed by atoms with Crippen LogP contribution in [0.1, 0.15) is 39.3 Å². The molecule has 1 unspecified atom stereocenters. The van der Waals surface area contributed by atoms with Crippen molar-refractivity contribution in [3.8, 4) is 0 Å². The Kier molecular flexibility index (Phi) is 6.46. The molecule has 0 saturated carbocycles. The number of benzene rings is 1. The molecule has 0 amide bonds. The van der Waals surface area contributed by atoms with E-state index in [-0.39, 0.29) is 11.9 Å². The molecule has 1 atom stereocenters. The summed E-state index contributed by atoms with van der Waals surface area (Å²) in [7, 11) is 0. The first-order valence-corrected chi connectivity index (χ1v) is 7.15. The third-order valence-corrected chi connectivity index (χ3v) is 3.83. The monoisotopic (exact) mass is 266 g/mol. The van der Waals surface area contributed by atoms with Crippen molar-refractivity contribution in [3.63, 3.8) is 0 Å². The first-order valence-electron chi connectivity index (χ1n) is 7.15. The van der Waals surface area contributed by atoms with Crippen LogP contribution in [0.4, 0.5) is 4.39 Å².